The Hall–Kier alpha value is -4.68. The zero-order chi connectivity index (χ0) is 50.3. The number of ether oxygens (including phenoxy) is 4. The van der Waals surface area contributed by atoms with Crippen LogP contribution >= 0.6 is 33.2 Å². The van der Waals surface area contributed by atoms with E-state index in [4.69, 9.17) is 42.0 Å². The van der Waals surface area contributed by atoms with E-state index in [9.17, 15) is 43.8 Å². The van der Waals surface area contributed by atoms with E-state index in [0.29, 0.717) is 30.6 Å². The number of aliphatic hydroxyl groups excluding tert-OH is 1. The van der Waals surface area contributed by atoms with Crippen molar-refractivity contribution in [2.24, 2.45) is 17.4 Å². The smallest absolute Gasteiger partial charge is 0.409 e. The summed E-state index contributed by atoms with van der Waals surface area (Å²) in [5.74, 6) is -3.02. The number of alkyl carbamates (subject to hydrolysis) is 1. The van der Waals surface area contributed by atoms with Gasteiger partial charge in [-0.3, -0.25) is 39.9 Å². The molecule has 4 heterocycles. The zero-order valence-electron chi connectivity index (χ0n) is 39.2. The molecule has 6 amide bonds. The highest BCUT2D eigenvalue weighted by atomic mass is 35.5. The van der Waals surface area contributed by atoms with Crippen molar-refractivity contribution in [3.05, 3.63) is 58.7 Å². The minimum atomic E-state index is -2.15. The monoisotopic (exact) mass is 1010 g/mol. The molecule has 0 saturated carbocycles. The molecule has 0 aliphatic carbocycles. The van der Waals surface area contributed by atoms with Gasteiger partial charge in [0.15, 0.2) is 23.7 Å². The lowest BCUT2D eigenvalue weighted by Crippen LogP contribution is -2.63. The highest BCUT2D eigenvalue weighted by Gasteiger charge is 2.65. The Labute approximate surface area is 408 Å². The van der Waals surface area contributed by atoms with Gasteiger partial charge >= 0.3 is 12.1 Å². The fourth-order valence-electron chi connectivity index (χ4n) is 7.80. The Kier molecular flexibility index (Phi) is 18.2. The van der Waals surface area contributed by atoms with Crippen molar-refractivity contribution in [3.63, 3.8) is 0 Å². The number of imide groups is 1. The Morgan fingerprint density at radius 3 is 2.53 bits per heavy atom. The molecule has 5 rings (SSSR count). The first-order chi connectivity index (χ1) is 31.9. The van der Waals surface area contributed by atoms with E-state index in [1.807, 2.05) is 20.8 Å². The first-order valence-corrected chi connectivity index (χ1v) is 24.7. The van der Waals surface area contributed by atoms with E-state index < -0.39 is 94.8 Å². The first-order valence-electron chi connectivity index (χ1n) is 22.0. The number of nitrogens with one attached hydrogen (secondary N) is 2. The molecule has 0 aromatic heterocycles. The molecular weight excluding hydrogens is 946 g/mol. The summed E-state index contributed by atoms with van der Waals surface area (Å²) in [7, 11) is 7.35. The van der Waals surface area contributed by atoms with E-state index in [0.717, 1.165) is 15.4 Å². The van der Waals surface area contributed by atoms with Crippen LogP contribution in [0.1, 0.15) is 71.8 Å². The van der Waals surface area contributed by atoms with E-state index in [-0.39, 0.29) is 54.7 Å². The molecule has 23 heteroatoms. The van der Waals surface area contributed by atoms with Crippen LogP contribution in [0.25, 0.3) is 0 Å². The molecule has 374 valence electrons. The molecule has 4 aliphatic rings. The second-order valence-electron chi connectivity index (χ2n) is 17.9. The SMILES string of the molecule is COc1cc2cc(c1Cl)N(C)C(=O)C[C@H](OC(=O)[C@H](N)N(C)C(=O)CCC(C)(C)SSCCCC(=O)NCCN1C(=O)C=CC1=O)[C@]1(N)O[C@H]1[C@H](C)[C@@H]1C[C@@](O)(NC(=O)O1)[C@H](O)/C=C/C=C(\C)C2. The summed E-state index contributed by atoms with van der Waals surface area (Å²) in [5, 5.41) is 27.7. The summed E-state index contributed by atoms with van der Waals surface area (Å²) >= 11 is 6.74. The van der Waals surface area contributed by atoms with Gasteiger partial charge in [-0.25, -0.2) is 9.59 Å². The topological polar surface area (TPSA) is 286 Å². The summed E-state index contributed by atoms with van der Waals surface area (Å²) < 4.78 is 22.6. The largest absolute Gasteiger partial charge is 0.495 e. The number of nitrogens with two attached hydrogens (primary N) is 2. The third-order valence-electron chi connectivity index (χ3n) is 12.1. The van der Waals surface area contributed by atoms with Crippen LogP contribution in [0.4, 0.5) is 10.5 Å². The van der Waals surface area contributed by atoms with Gasteiger partial charge < -0.3 is 50.0 Å². The normalized spacial score (nSPS) is 28.1. The first kappa shape index (κ1) is 54.3. The van der Waals surface area contributed by atoms with Crippen molar-refractivity contribution in [1.82, 2.24) is 20.4 Å². The van der Waals surface area contributed by atoms with E-state index >= 15 is 0 Å². The lowest BCUT2D eigenvalue weighted by molar-refractivity contribution is -0.163. The fourth-order valence-corrected chi connectivity index (χ4v) is 10.8. The van der Waals surface area contributed by atoms with Gasteiger partial charge in [-0.15, -0.1) is 0 Å². The number of esters is 1. The van der Waals surface area contributed by atoms with Crippen LogP contribution in [-0.2, 0) is 49.4 Å². The third kappa shape index (κ3) is 13.5. The van der Waals surface area contributed by atoms with Crippen molar-refractivity contribution < 1.29 is 62.7 Å². The molecule has 1 aromatic rings. The Bertz CT molecular complexity index is 2200. The van der Waals surface area contributed by atoms with Crippen molar-refractivity contribution >= 4 is 80.5 Å². The van der Waals surface area contributed by atoms with Crippen LogP contribution < -0.4 is 31.7 Å². The van der Waals surface area contributed by atoms with Crippen LogP contribution in [0.3, 0.4) is 0 Å². The number of benzene rings is 1. The summed E-state index contributed by atoms with van der Waals surface area (Å²) in [4.78, 5) is 93.3. The molecule has 68 heavy (non-hydrogen) atoms. The maximum atomic E-state index is 14.2. The van der Waals surface area contributed by atoms with Gasteiger partial charge in [0.2, 0.25) is 17.7 Å². The van der Waals surface area contributed by atoms with Gasteiger partial charge in [0.1, 0.15) is 29.1 Å². The van der Waals surface area contributed by atoms with Crippen LogP contribution in [-0.4, -0.2) is 148 Å². The second kappa shape index (κ2) is 22.8. The van der Waals surface area contributed by atoms with Crippen LogP contribution in [0.2, 0.25) is 5.02 Å². The quantitative estimate of drug-likeness (QED) is 0.0346. The molecule has 2 fully saturated rings. The molecule has 0 spiro atoms. The molecule has 4 bridgehead atoms. The maximum absolute atomic E-state index is 14.2. The number of halogens is 1. The molecule has 8 N–H and O–H groups in total. The number of amides is 6. The summed E-state index contributed by atoms with van der Waals surface area (Å²) in [5.41, 5.74) is 11.0. The van der Waals surface area contributed by atoms with Crippen molar-refractivity contribution in [3.8, 4) is 5.75 Å². The predicted octanol–water partition coefficient (Wildman–Crippen LogP) is 2.41. The molecule has 1 aromatic carbocycles. The molecular formula is C45H62ClN7O13S2. The number of nitrogens with zero attached hydrogens (tertiary/aromatic N) is 3. The van der Waals surface area contributed by atoms with Gasteiger partial charge in [0, 0.05) is 75.0 Å². The van der Waals surface area contributed by atoms with Gasteiger partial charge in [-0.2, -0.15) is 0 Å². The zero-order valence-corrected chi connectivity index (χ0v) is 41.5. The van der Waals surface area contributed by atoms with E-state index in [1.165, 1.54) is 44.3 Å². The van der Waals surface area contributed by atoms with Crippen molar-refractivity contribution in [1.29, 1.82) is 0 Å². The third-order valence-corrected chi connectivity index (χ3v) is 16.0. The second-order valence-corrected chi connectivity index (χ2v) is 21.4. The average Bonchev–Trinajstić information content (AvgIpc) is 3.88. The van der Waals surface area contributed by atoms with Gasteiger partial charge in [-0.05, 0) is 57.7 Å². The number of methoxy groups -OCH3 is 1. The standard InChI is InChI=1S/C45H62ClN7O13S2/c1-25-10-8-11-31(54)44(62)24-30(64-42(61)50-44)26(2)39-45(48,66-39)32(23-37(59)51(5)28-21-27(20-25)22-29(63-7)38(28)46)65-41(60)40(47)52(6)34(56)15-16-43(3,4)68-67-19-9-12-33(55)49-17-18-53-35(57)13-14-36(53)58/h8,10-11,13-14,21-22,26,30-32,39-40,54,62H,9,12,15-20,23-24,47-48H2,1-7H3,(H,49,55)(H,50,61)/b11-8+,25-10+/t26-,30+,31-,32+,39+,40-,44+,45+/m1/s1. The number of epoxide rings is 1. The molecule has 2 saturated heterocycles. The molecule has 4 aliphatic heterocycles. The summed E-state index contributed by atoms with van der Waals surface area (Å²) in [6.07, 6.45) is -0.0716. The number of hydrogen-bond acceptors (Lipinski definition) is 17. The van der Waals surface area contributed by atoms with Crippen LogP contribution in [0.5, 0.6) is 5.75 Å². The summed E-state index contributed by atoms with van der Waals surface area (Å²) in [6, 6.07) is 3.42. The predicted molar refractivity (Wildman–Crippen MR) is 255 cm³/mol. The summed E-state index contributed by atoms with van der Waals surface area (Å²) in [6.45, 7) is 7.64. The van der Waals surface area contributed by atoms with Crippen molar-refractivity contribution in [2.45, 2.75) is 119 Å². The minimum absolute atomic E-state index is 0.0125. The number of likely N-dealkylation sites (N-methyl/N-ethyl adjacent to an activating group) is 1. The van der Waals surface area contributed by atoms with Gasteiger partial charge in [0.05, 0.1) is 19.2 Å². The van der Waals surface area contributed by atoms with Crippen molar-refractivity contribution in [2.75, 3.05) is 44.9 Å². The average molecular weight is 1010 g/mol. The Morgan fingerprint density at radius 1 is 1.16 bits per heavy atom. The highest BCUT2D eigenvalue weighted by Crippen LogP contribution is 2.46. The number of anilines is 1. The van der Waals surface area contributed by atoms with Crippen LogP contribution in [0, 0.1) is 5.92 Å². The molecule has 20 nitrogen and oxygen atoms in total. The van der Waals surface area contributed by atoms with E-state index in [1.54, 1.807) is 52.8 Å². The van der Waals surface area contributed by atoms with E-state index in [2.05, 4.69) is 10.6 Å². The number of aliphatic hydroxyl groups is 2. The maximum Gasteiger partial charge on any atom is 0.409 e. The molecule has 8 atom stereocenters. The van der Waals surface area contributed by atoms with Gasteiger partial charge in [-0.1, -0.05) is 63.9 Å². The Morgan fingerprint density at radius 2 is 1.85 bits per heavy atom. The number of fused-ring (bicyclic) bond motifs is 5. The lowest BCUT2D eigenvalue weighted by Gasteiger charge is -2.41. The number of carbonyl (C=O) groups excluding carboxylic acids is 7. The highest BCUT2D eigenvalue weighted by molar-refractivity contribution is 8.77. The molecule has 0 unspecified atom stereocenters. The number of allylic oxidation sites excluding steroid dienone is 3. The number of hydrogen-bond donors (Lipinski definition) is 6. The lowest BCUT2D eigenvalue weighted by atomic mass is 9.86. The minimum Gasteiger partial charge on any atom is -0.495 e. The van der Waals surface area contributed by atoms with Crippen LogP contribution in [0.15, 0.2) is 48.1 Å². The molecule has 0 radical (unpaired) electrons. The Balaban J connectivity index is 1.23. The fraction of sp³-hybridized carbons (Fsp3) is 0.578. The number of carbonyl (C=O) groups is 7. The van der Waals surface area contributed by atoms with Gasteiger partial charge in [0.25, 0.3) is 11.8 Å². The number of rotatable bonds is 16.